The van der Waals surface area contributed by atoms with Gasteiger partial charge in [-0.1, -0.05) is 30.3 Å². The van der Waals surface area contributed by atoms with Gasteiger partial charge in [-0.25, -0.2) is 9.97 Å². The topological polar surface area (TPSA) is 81.5 Å². The molecule has 0 spiro atoms. The van der Waals surface area contributed by atoms with Crippen LogP contribution in [0.4, 0.5) is 5.95 Å². The third-order valence-corrected chi connectivity index (χ3v) is 4.33. The normalized spacial score (nSPS) is 21.6. The molecule has 6 heteroatoms. The van der Waals surface area contributed by atoms with E-state index in [1.807, 2.05) is 30.6 Å². The van der Waals surface area contributed by atoms with Crippen molar-refractivity contribution in [2.24, 2.45) is 0 Å². The molecular formula is C18H24N4O2. The number of anilines is 1. The summed E-state index contributed by atoms with van der Waals surface area (Å²) >= 11 is 0. The first kappa shape index (κ1) is 16.8. The summed E-state index contributed by atoms with van der Waals surface area (Å²) in [6, 6.07) is 10.1. The molecule has 1 aliphatic heterocycles. The Morgan fingerprint density at radius 2 is 1.88 bits per heavy atom. The van der Waals surface area contributed by atoms with Crippen LogP contribution in [0.3, 0.4) is 0 Å². The molecular weight excluding hydrogens is 304 g/mol. The fourth-order valence-corrected chi connectivity index (χ4v) is 3.03. The van der Waals surface area contributed by atoms with Gasteiger partial charge >= 0.3 is 0 Å². The number of aliphatic hydroxyl groups is 2. The number of hydrogen-bond donors (Lipinski definition) is 3. The van der Waals surface area contributed by atoms with Crippen LogP contribution in [-0.2, 0) is 13.1 Å². The molecule has 6 nitrogen and oxygen atoms in total. The molecule has 0 aliphatic carbocycles. The van der Waals surface area contributed by atoms with E-state index in [1.165, 1.54) is 5.56 Å². The lowest BCUT2D eigenvalue weighted by molar-refractivity contribution is -0.0687. The summed E-state index contributed by atoms with van der Waals surface area (Å²) in [6.45, 7) is 2.58. The third kappa shape index (κ3) is 4.50. The van der Waals surface area contributed by atoms with Crippen LogP contribution in [0, 0.1) is 0 Å². The first-order valence-electron chi connectivity index (χ1n) is 8.31. The molecule has 0 saturated carbocycles. The number of rotatable bonds is 6. The summed E-state index contributed by atoms with van der Waals surface area (Å²) in [4.78, 5) is 10.8. The Bertz CT molecular complexity index is 635. The number of aromatic nitrogens is 2. The van der Waals surface area contributed by atoms with Crippen LogP contribution in [0.2, 0.25) is 0 Å². The maximum atomic E-state index is 10.2. The van der Waals surface area contributed by atoms with Crippen molar-refractivity contribution in [2.75, 3.05) is 25.0 Å². The van der Waals surface area contributed by atoms with E-state index in [2.05, 4.69) is 32.3 Å². The summed E-state index contributed by atoms with van der Waals surface area (Å²) in [5.41, 5.74) is 1.21. The third-order valence-electron chi connectivity index (χ3n) is 4.33. The zero-order valence-electron chi connectivity index (χ0n) is 13.7. The highest BCUT2D eigenvalue weighted by Crippen LogP contribution is 2.21. The smallest absolute Gasteiger partial charge is 0.222 e. The van der Waals surface area contributed by atoms with Crippen LogP contribution in [0.5, 0.6) is 0 Å². The van der Waals surface area contributed by atoms with E-state index in [9.17, 15) is 10.2 Å². The zero-order valence-corrected chi connectivity index (χ0v) is 13.7. The van der Waals surface area contributed by atoms with Crippen molar-refractivity contribution in [3.05, 3.63) is 53.9 Å². The van der Waals surface area contributed by atoms with Crippen molar-refractivity contribution in [3.63, 3.8) is 0 Å². The van der Waals surface area contributed by atoms with Crippen LogP contribution in [0.1, 0.15) is 24.0 Å². The van der Waals surface area contributed by atoms with E-state index >= 15 is 0 Å². The van der Waals surface area contributed by atoms with Crippen LogP contribution >= 0.6 is 0 Å². The van der Waals surface area contributed by atoms with Gasteiger partial charge in [-0.05, 0) is 24.9 Å². The Morgan fingerprint density at radius 3 is 2.58 bits per heavy atom. The number of nitrogens with zero attached hydrogens (tertiary/aromatic N) is 3. The van der Waals surface area contributed by atoms with Gasteiger partial charge in [0, 0.05) is 37.6 Å². The predicted molar refractivity (Wildman–Crippen MR) is 92.3 cm³/mol. The quantitative estimate of drug-likeness (QED) is 0.744. The zero-order chi connectivity index (χ0) is 16.8. The number of nitrogens with one attached hydrogen (secondary N) is 1. The number of β-amino-alcohol motifs (C(OH)–C–C–N with tert-alkyl or cyclic N) is 1. The fourth-order valence-electron chi connectivity index (χ4n) is 3.03. The van der Waals surface area contributed by atoms with E-state index in [0.717, 1.165) is 18.5 Å². The number of likely N-dealkylation sites (tertiary alicyclic amines) is 1. The van der Waals surface area contributed by atoms with Crippen molar-refractivity contribution >= 4 is 5.95 Å². The van der Waals surface area contributed by atoms with E-state index in [-0.39, 0.29) is 6.61 Å². The van der Waals surface area contributed by atoms with Gasteiger partial charge in [-0.2, -0.15) is 0 Å². The molecule has 1 atom stereocenters. The predicted octanol–water partition coefficient (Wildman–Crippen LogP) is 1.41. The largest absolute Gasteiger partial charge is 0.393 e. The van der Waals surface area contributed by atoms with Crippen molar-refractivity contribution in [2.45, 2.75) is 31.5 Å². The Morgan fingerprint density at radius 1 is 1.12 bits per heavy atom. The highest BCUT2D eigenvalue weighted by Gasteiger charge is 2.32. The first-order valence-corrected chi connectivity index (χ1v) is 8.31. The van der Waals surface area contributed by atoms with Crippen molar-refractivity contribution in [1.82, 2.24) is 14.9 Å². The summed E-state index contributed by atoms with van der Waals surface area (Å²) in [7, 11) is 0. The second-order valence-electron chi connectivity index (χ2n) is 6.45. The molecule has 128 valence electrons. The van der Waals surface area contributed by atoms with Crippen molar-refractivity contribution < 1.29 is 10.2 Å². The average Bonchev–Trinajstić information content (AvgIpc) is 2.62. The molecule has 1 aromatic carbocycles. The molecule has 2 aromatic rings. The maximum Gasteiger partial charge on any atom is 0.222 e. The number of benzene rings is 1. The second kappa shape index (κ2) is 7.70. The molecule has 1 fully saturated rings. The molecule has 1 saturated heterocycles. The summed E-state index contributed by atoms with van der Waals surface area (Å²) in [6.07, 6.45) is 5.16. The monoisotopic (exact) mass is 328 g/mol. The Hall–Kier alpha value is -2.02. The van der Waals surface area contributed by atoms with Crippen molar-refractivity contribution in [1.29, 1.82) is 0 Å². The Kier molecular flexibility index (Phi) is 5.40. The second-order valence-corrected chi connectivity index (χ2v) is 6.45. The summed E-state index contributed by atoms with van der Waals surface area (Å²) in [5, 5.41) is 22.7. The lowest BCUT2D eigenvalue weighted by atomic mass is 9.93. The van der Waals surface area contributed by atoms with Crippen LogP contribution in [0.15, 0.2) is 42.7 Å². The standard InChI is InChI=1S/C18H24N4O2/c23-14-18(24)7-4-8-22(13-18)12-16-10-20-17(21-11-16)19-9-15-5-2-1-3-6-15/h1-3,5-6,10-11,23-24H,4,7-9,12-14H2,(H,19,20,21)/t18-/m1/s1. The van der Waals surface area contributed by atoms with Gasteiger partial charge in [0.05, 0.1) is 6.61 Å². The minimum absolute atomic E-state index is 0.192. The summed E-state index contributed by atoms with van der Waals surface area (Å²) < 4.78 is 0. The number of hydrogen-bond acceptors (Lipinski definition) is 6. The van der Waals surface area contributed by atoms with Gasteiger partial charge < -0.3 is 15.5 Å². The van der Waals surface area contributed by atoms with Gasteiger partial charge in [0.25, 0.3) is 0 Å². The molecule has 2 heterocycles. The molecule has 3 rings (SSSR count). The molecule has 0 unspecified atom stereocenters. The van der Waals surface area contributed by atoms with Crippen LogP contribution in [-0.4, -0.2) is 50.4 Å². The average molecular weight is 328 g/mol. The lowest BCUT2D eigenvalue weighted by Crippen LogP contribution is -2.50. The van der Waals surface area contributed by atoms with Crippen molar-refractivity contribution in [3.8, 4) is 0 Å². The minimum Gasteiger partial charge on any atom is -0.393 e. The molecule has 0 amide bonds. The highest BCUT2D eigenvalue weighted by atomic mass is 16.3. The van der Waals surface area contributed by atoms with E-state index < -0.39 is 5.60 Å². The molecule has 0 radical (unpaired) electrons. The number of aliphatic hydroxyl groups excluding tert-OH is 1. The minimum atomic E-state index is -0.976. The van der Waals surface area contributed by atoms with Gasteiger partial charge in [-0.15, -0.1) is 0 Å². The van der Waals surface area contributed by atoms with E-state index in [0.29, 0.717) is 32.0 Å². The molecule has 0 bridgehead atoms. The lowest BCUT2D eigenvalue weighted by Gasteiger charge is -2.37. The van der Waals surface area contributed by atoms with Crippen LogP contribution in [0.25, 0.3) is 0 Å². The molecule has 1 aliphatic rings. The number of piperidine rings is 1. The maximum absolute atomic E-state index is 10.2. The van der Waals surface area contributed by atoms with Gasteiger partial charge in [0.1, 0.15) is 5.60 Å². The van der Waals surface area contributed by atoms with Gasteiger partial charge in [0.2, 0.25) is 5.95 Å². The molecule has 3 N–H and O–H groups in total. The van der Waals surface area contributed by atoms with Gasteiger partial charge in [0.15, 0.2) is 0 Å². The molecule has 1 aromatic heterocycles. The van der Waals surface area contributed by atoms with E-state index in [1.54, 1.807) is 0 Å². The molecule has 24 heavy (non-hydrogen) atoms. The summed E-state index contributed by atoms with van der Waals surface area (Å²) in [5.74, 6) is 0.605. The van der Waals surface area contributed by atoms with Gasteiger partial charge in [-0.3, -0.25) is 4.90 Å². The highest BCUT2D eigenvalue weighted by molar-refractivity contribution is 5.27. The fraction of sp³-hybridized carbons (Fsp3) is 0.444. The first-order chi connectivity index (χ1) is 11.7. The SMILES string of the molecule is OC[C@@]1(O)CCCN(Cc2cnc(NCc3ccccc3)nc2)C1. The van der Waals surface area contributed by atoms with Crippen LogP contribution < -0.4 is 5.32 Å². The van der Waals surface area contributed by atoms with E-state index in [4.69, 9.17) is 0 Å². The Labute approximate surface area is 142 Å². The Balaban J connectivity index is 1.53.